The van der Waals surface area contributed by atoms with Crippen LogP contribution in [0, 0.1) is 0 Å². The molecule has 0 amide bonds. The summed E-state index contributed by atoms with van der Waals surface area (Å²) >= 11 is 0. The zero-order valence-electron chi connectivity index (χ0n) is 21.5. The van der Waals surface area contributed by atoms with Gasteiger partial charge in [-0.15, -0.1) is 0 Å². The number of nitrogens with zero attached hydrogens (tertiary/aromatic N) is 5. The van der Waals surface area contributed by atoms with E-state index in [2.05, 4.69) is 60.6 Å². The molecule has 0 bridgehead atoms. The number of anilines is 1. The molecule has 2 fully saturated rings. The van der Waals surface area contributed by atoms with Crippen LogP contribution in [-0.2, 0) is 6.42 Å². The highest BCUT2D eigenvalue weighted by atomic mass is 16.5. The van der Waals surface area contributed by atoms with Crippen molar-refractivity contribution >= 4 is 16.9 Å². The van der Waals surface area contributed by atoms with Crippen molar-refractivity contribution in [2.24, 2.45) is 0 Å². The lowest BCUT2D eigenvalue weighted by atomic mass is 9.93. The number of methoxy groups -OCH3 is 1. The molecule has 192 valence electrons. The van der Waals surface area contributed by atoms with Gasteiger partial charge in [-0.25, -0.2) is 15.0 Å². The van der Waals surface area contributed by atoms with Crippen molar-refractivity contribution in [3.05, 3.63) is 59.9 Å². The van der Waals surface area contributed by atoms with Crippen molar-refractivity contribution in [2.45, 2.75) is 44.7 Å². The summed E-state index contributed by atoms with van der Waals surface area (Å²) in [6.45, 7) is 6.51. The maximum absolute atomic E-state index is 5.74. The number of hydrogen-bond donors (Lipinski definition) is 3. The molecule has 9 nitrogen and oxygen atoms in total. The molecule has 4 heterocycles. The summed E-state index contributed by atoms with van der Waals surface area (Å²) in [7, 11) is 1.67. The van der Waals surface area contributed by atoms with E-state index in [1.807, 2.05) is 18.3 Å². The van der Waals surface area contributed by atoms with Gasteiger partial charge in [-0.1, -0.05) is 6.07 Å². The molecule has 1 atom stereocenters. The molecule has 1 aliphatic heterocycles. The van der Waals surface area contributed by atoms with Crippen LogP contribution in [-0.4, -0.2) is 69.2 Å². The quantitative estimate of drug-likeness (QED) is 0.336. The van der Waals surface area contributed by atoms with Crippen molar-refractivity contribution < 1.29 is 4.74 Å². The second-order valence-corrected chi connectivity index (χ2v) is 10.0. The summed E-state index contributed by atoms with van der Waals surface area (Å²) in [4.78, 5) is 24.5. The molecule has 3 aromatic heterocycles. The van der Waals surface area contributed by atoms with Crippen LogP contribution < -0.4 is 15.4 Å². The monoisotopic (exact) mass is 498 g/mol. The van der Waals surface area contributed by atoms with Crippen molar-refractivity contribution in [2.75, 3.05) is 38.6 Å². The zero-order valence-corrected chi connectivity index (χ0v) is 21.5. The molecule has 37 heavy (non-hydrogen) atoms. The Morgan fingerprint density at radius 1 is 1.11 bits per heavy atom. The van der Waals surface area contributed by atoms with E-state index < -0.39 is 0 Å². The molecule has 1 aromatic carbocycles. The number of piperazine rings is 1. The molecule has 4 aromatic rings. The van der Waals surface area contributed by atoms with Crippen LogP contribution in [0.15, 0.2) is 42.9 Å². The summed E-state index contributed by atoms with van der Waals surface area (Å²) in [5.74, 6) is 2.32. The van der Waals surface area contributed by atoms with Gasteiger partial charge < -0.3 is 20.4 Å². The van der Waals surface area contributed by atoms with Gasteiger partial charge in [0.2, 0.25) is 0 Å². The predicted octanol–water partition coefficient (Wildman–Crippen LogP) is 3.94. The summed E-state index contributed by atoms with van der Waals surface area (Å²) < 4.78 is 5.74. The predicted molar refractivity (Wildman–Crippen MR) is 145 cm³/mol. The third-order valence-corrected chi connectivity index (χ3v) is 7.63. The minimum atomic E-state index is 0.369. The number of fused-ring (bicyclic) bond motifs is 1. The van der Waals surface area contributed by atoms with Gasteiger partial charge in [0.05, 0.1) is 18.1 Å². The summed E-state index contributed by atoms with van der Waals surface area (Å²) in [6, 6.07) is 11.3. The first-order valence-electron chi connectivity index (χ1n) is 13.2. The maximum Gasteiger partial charge on any atom is 0.187 e. The first-order valence-corrected chi connectivity index (χ1v) is 13.2. The molecule has 1 saturated heterocycles. The number of aromatic nitrogens is 5. The number of benzene rings is 1. The number of pyridine rings is 1. The molecule has 0 radical (unpaired) electrons. The Morgan fingerprint density at radius 3 is 2.76 bits per heavy atom. The number of rotatable bonds is 8. The topological polar surface area (TPSA) is 104 Å². The average molecular weight is 499 g/mol. The second-order valence-electron chi connectivity index (χ2n) is 10.0. The van der Waals surface area contributed by atoms with Crippen LogP contribution in [0.1, 0.15) is 49.3 Å². The molecule has 2 aliphatic rings. The van der Waals surface area contributed by atoms with E-state index in [0.717, 1.165) is 78.6 Å². The molecule has 3 N–H and O–H groups in total. The molecule has 9 heteroatoms. The Kier molecular flexibility index (Phi) is 6.72. The average Bonchev–Trinajstić information content (AvgIpc) is 3.32. The van der Waals surface area contributed by atoms with Crippen LogP contribution in [0.3, 0.4) is 0 Å². The van der Waals surface area contributed by atoms with Gasteiger partial charge in [0.15, 0.2) is 11.6 Å². The molecule has 1 saturated carbocycles. The van der Waals surface area contributed by atoms with Crippen LogP contribution >= 0.6 is 0 Å². The van der Waals surface area contributed by atoms with E-state index >= 15 is 0 Å². The van der Waals surface area contributed by atoms with Gasteiger partial charge in [-0.05, 0) is 56.0 Å². The van der Waals surface area contributed by atoms with Gasteiger partial charge in [-0.2, -0.15) is 0 Å². The summed E-state index contributed by atoms with van der Waals surface area (Å²) in [5, 5.41) is 6.93. The third kappa shape index (κ3) is 5.01. The molecule has 1 aliphatic carbocycles. The van der Waals surface area contributed by atoms with Crippen molar-refractivity contribution in [1.29, 1.82) is 0 Å². The van der Waals surface area contributed by atoms with Crippen molar-refractivity contribution in [3.63, 3.8) is 0 Å². The van der Waals surface area contributed by atoms with Gasteiger partial charge in [0.25, 0.3) is 0 Å². The lowest BCUT2D eigenvalue weighted by Crippen LogP contribution is -2.44. The van der Waals surface area contributed by atoms with Gasteiger partial charge in [-0.3, -0.25) is 9.88 Å². The molecular weight excluding hydrogens is 464 g/mol. The number of H-pyrrole nitrogens is 1. The van der Waals surface area contributed by atoms with Crippen molar-refractivity contribution in [1.82, 2.24) is 35.1 Å². The van der Waals surface area contributed by atoms with Crippen LogP contribution in [0.5, 0.6) is 5.75 Å². The standard InChI is InChI=1S/C28H34N8O/c1-18(36-12-10-29-11-13-36)19-8-9-30-22(14-19)16-25-34-23-7-6-20(15-24(23)35-25)26-27(37-2)28(32-17-31-26)33-21-4-3-5-21/h6-9,14-15,17-18,21,29H,3-5,10-13,16H2,1-2H3,(H,34,35)(H,31,32,33). The second kappa shape index (κ2) is 10.4. The highest BCUT2D eigenvalue weighted by molar-refractivity contribution is 5.83. The lowest BCUT2D eigenvalue weighted by molar-refractivity contribution is 0.185. The number of aromatic amines is 1. The first kappa shape index (κ1) is 23.8. The highest BCUT2D eigenvalue weighted by Crippen LogP contribution is 2.36. The Balaban J connectivity index is 1.23. The normalized spacial score (nSPS) is 17.5. The minimum Gasteiger partial charge on any atom is -0.491 e. The Morgan fingerprint density at radius 2 is 1.97 bits per heavy atom. The van der Waals surface area contributed by atoms with Crippen molar-refractivity contribution in [3.8, 4) is 17.0 Å². The number of imidazole rings is 1. The molecule has 6 rings (SSSR count). The van der Waals surface area contributed by atoms with Gasteiger partial charge in [0.1, 0.15) is 17.8 Å². The fourth-order valence-electron chi connectivity index (χ4n) is 5.22. The first-order chi connectivity index (χ1) is 18.2. The summed E-state index contributed by atoms with van der Waals surface area (Å²) in [6.07, 6.45) is 7.75. The van der Waals surface area contributed by atoms with E-state index in [1.165, 1.54) is 12.0 Å². The van der Waals surface area contributed by atoms with E-state index in [1.54, 1.807) is 13.4 Å². The molecule has 0 spiro atoms. The third-order valence-electron chi connectivity index (χ3n) is 7.63. The minimum absolute atomic E-state index is 0.369. The number of ether oxygens (including phenoxy) is 1. The van der Waals surface area contributed by atoms with Gasteiger partial charge in [0, 0.05) is 62.1 Å². The van der Waals surface area contributed by atoms with Crippen LogP contribution in [0.4, 0.5) is 5.82 Å². The Labute approximate surface area is 217 Å². The fourth-order valence-corrected chi connectivity index (χ4v) is 5.22. The molecule has 1 unspecified atom stereocenters. The lowest BCUT2D eigenvalue weighted by Gasteiger charge is -2.33. The van der Waals surface area contributed by atoms with Gasteiger partial charge >= 0.3 is 0 Å². The maximum atomic E-state index is 5.74. The van der Waals surface area contributed by atoms with E-state index in [0.29, 0.717) is 24.3 Å². The highest BCUT2D eigenvalue weighted by Gasteiger charge is 2.22. The zero-order chi connectivity index (χ0) is 25.2. The number of nitrogens with one attached hydrogen (secondary N) is 3. The Bertz CT molecular complexity index is 1380. The van der Waals surface area contributed by atoms with E-state index in [9.17, 15) is 0 Å². The fraction of sp³-hybridized carbons (Fsp3) is 0.429. The van der Waals surface area contributed by atoms with E-state index in [-0.39, 0.29) is 0 Å². The molecular formula is C28H34N8O. The SMILES string of the molecule is COc1c(NC2CCC2)ncnc1-c1ccc2nc(Cc3cc(C(C)N4CCNCC4)ccn3)[nH]c2c1. The Hall–Kier alpha value is -3.56. The van der Waals surface area contributed by atoms with E-state index in [4.69, 9.17) is 9.72 Å². The van der Waals surface area contributed by atoms with Crippen LogP contribution in [0.2, 0.25) is 0 Å². The smallest absolute Gasteiger partial charge is 0.187 e. The van der Waals surface area contributed by atoms with Crippen LogP contribution in [0.25, 0.3) is 22.3 Å². The number of hydrogen-bond acceptors (Lipinski definition) is 8. The largest absolute Gasteiger partial charge is 0.491 e. The summed E-state index contributed by atoms with van der Waals surface area (Å²) in [5.41, 5.74) is 5.93.